The van der Waals surface area contributed by atoms with Crippen LogP contribution in [0.15, 0.2) is 77.7 Å². The third-order valence-corrected chi connectivity index (χ3v) is 6.12. The lowest BCUT2D eigenvalue weighted by atomic mass is 10.1. The Labute approximate surface area is 178 Å². The first kappa shape index (κ1) is 21.6. The second kappa shape index (κ2) is 9.59. The molecule has 0 aromatic heterocycles. The highest BCUT2D eigenvalue weighted by Crippen LogP contribution is 2.19. The highest BCUT2D eigenvalue weighted by molar-refractivity contribution is 7.92. The summed E-state index contributed by atoms with van der Waals surface area (Å²) in [5, 5.41) is 2.82. The summed E-state index contributed by atoms with van der Waals surface area (Å²) in [6.45, 7) is 4.08. The Morgan fingerprint density at radius 1 is 0.900 bits per heavy atom. The molecule has 0 aliphatic rings. The molecule has 0 unspecified atom stereocenters. The van der Waals surface area contributed by atoms with Gasteiger partial charge in [0.2, 0.25) is 0 Å². The first-order chi connectivity index (χ1) is 14.4. The average molecular weight is 423 g/mol. The third kappa shape index (κ3) is 5.70. The smallest absolute Gasteiger partial charge is 0.261 e. The minimum Gasteiger partial charge on any atom is -0.322 e. The SMILES string of the molecule is CCCCc1ccc(NC(=O)c2cccc(S(=O)(=O)Nc3ccc(C)cc3)c2)cc1. The number of anilines is 2. The molecule has 0 radical (unpaired) electrons. The number of hydrogen-bond acceptors (Lipinski definition) is 3. The number of benzene rings is 3. The number of aryl methyl sites for hydroxylation is 2. The minimum atomic E-state index is -3.80. The fourth-order valence-corrected chi connectivity index (χ4v) is 4.08. The summed E-state index contributed by atoms with van der Waals surface area (Å²) in [4.78, 5) is 12.7. The van der Waals surface area contributed by atoms with E-state index in [0.29, 0.717) is 11.4 Å². The fourth-order valence-electron chi connectivity index (χ4n) is 2.98. The molecule has 0 heterocycles. The van der Waals surface area contributed by atoms with Gasteiger partial charge in [-0.2, -0.15) is 0 Å². The first-order valence-electron chi connectivity index (χ1n) is 9.97. The molecule has 0 saturated heterocycles. The maximum atomic E-state index is 12.7. The number of rotatable bonds is 8. The molecule has 0 atom stereocenters. The monoisotopic (exact) mass is 422 g/mol. The molecule has 5 nitrogen and oxygen atoms in total. The predicted octanol–water partition coefficient (Wildman–Crippen LogP) is 5.39. The van der Waals surface area contributed by atoms with E-state index in [9.17, 15) is 13.2 Å². The molecule has 3 aromatic carbocycles. The normalized spacial score (nSPS) is 11.1. The van der Waals surface area contributed by atoms with Gasteiger partial charge in [-0.1, -0.05) is 49.2 Å². The Morgan fingerprint density at radius 2 is 1.57 bits per heavy atom. The number of hydrogen-bond donors (Lipinski definition) is 2. The van der Waals surface area contributed by atoms with Gasteiger partial charge in [0.05, 0.1) is 4.90 Å². The second-order valence-electron chi connectivity index (χ2n) is 7.25. The first-order valence-corrected chi connectivity index (χ1v) is 11.5. The molecule has 0 aliphatic heterocycles. The van der Waals surface area contributed by atoms with Crippen LogP contribution in [0.3, 0.4) is 0 Å². The summed E-state index contributed by atoms with van der Waals surface area (Å²) >= 11 is 0. The zero-order valence-corrected chi connectivity index (χ0v) is 18.0. The van der Waals surface area contributed by atoms with Crippen molar-refractivity contribution >= 4 is 27.3 Å². The van der Waals surface area contributed by atoms with E-state index in [4.69, 9.17) is 0 Å². The summed E-state index contributed by atoms with van der Waals surface area (Å²) in [6, 6.07) is 20.8. The van der Waals surface area contributed by atoms with Crippen LogP contribution in [0.25, 0.3) is 0 Å². The number of sulfonamides is 1. The third-order valence-electron chi connectivity index (χ3n) is 4.74. The lowest BCUT2D eigenvalue weighted by Crippen LogP contribution is -2.16. The molecule has 1 amide bonds. The molecule has 0 fully saturated rings. The van der Waals surface area contributed by atoms with E-state index in [1.54, 1.807) is 24.3 Å². The summed E-state index contributed by atoms with van der Waals surface area (Å²) in [6.07, 6.45) is 3.28. The standard InChI is InChI=1S/C24H26N2O3S/c1-3-4-6-19-11-15-21(16-12-19)25-24(27)20-7-5-8-23(17-20)30(28,29)26-22-13-9-18(2)10-14-22/h5,7-17,26H,3-4,6H2,1-2H3,(H,25,27). The van der Waals surface area contributed by atoms with Crippen molar-refractivity contribution in [3.05, 3.63) is 89.5 Å². The van der Waals surface area contributed by atoms with Crippen molar-refractivity contribution < 1.29 is 13.2 Å². The van der Waals surface area contributed by atoms with Gasteiger partial charge in [0.15, 0.2) is 0 Å². The maximum absolute atomic E-state index is 12.7. The van der Waals surface area contributed by atoms with Crippen LogP contribution >= 0.6 is 0 Å². The van der Waals surface area contributed by atoms with Crippen LogP contribution < -0.4 is 10.0 Å². The van der Waals surface area contributed by atoms with Crippen LogP contribution in [0, 0.1) is 6.92 Å². The van der Waals surface area contributed by atoms with Crippen molar-refractivity contribution in [2.24, 2.45) is 0 Å². The summed E-state index contributed by atoms with van der Waals surface area (Å²) in [5.41, 5.74) is 3.68. The molecule has 3 aromatic rings. The van der Waals surface area contributed by atoms with Crippen LogP contribution in [0.1, 0.15) is 41.3 Å². The summed E-state index contributed by atoms with van der Waals surface area (Å²) in [5.74, 6) is -0.358. The fraction of sp³-hybridized carbons (Fsp3) is 0.208. The molecule has 30 heavy (non-hydrogen) atoms. The van der Waals surface area contributed by atoms with Gasteiger partial charge in [-0.05, 0) is 67.8 Å². The van der Waals surface area contributed by atoms with Crippen LogP contribution in [0.2, 0.25) is 0 Å². The lowest BCUT2D eigenvalue weighted by Gasteiger charge is -2.10. The van der Waals surface area contributed by atoms with Crippen molar-refractivity contribution in [2.45, 2.75) is 38.0 Å². The van der Waals surface area contributed by atoms with E-state index < -0.39 is 10.0 Å². The van der Waals surface area contributed by atoms with Gasteiger partial charge in [0.25, 0.3) is 15.9 Å². The summed E-state index contributed by atoms with van der Waals surface area (Å²) < 4.78 is 27.9. The topological polar surface area (TPSA) is 75.3 Å². The lowest BCUT2D eigenvalue weighted by molar-refractivity contribution is 0.102. The number of unbranched alkanes of at least 4 members (excludes halogenated alkanes) is 1. The van der Waals surface area contributed by atoms with Gasteiger partial charge in [-0.3, -0.25) is 9.52 Å². The Morgan fingerprint density at radius 3 is 2.23 bits per heavy atom. The van der Waals surface area contributed by atoms with Gasteiger partial charge in [0, 0.05) is 16.9 Å². The molecule has 0 spiro atoms. The molecule has 6 heteroatoms. The van der Waals surface area contributed by atoms with E-state index in [0.717, 1.165) is 24.8 Å². The van der Waals surface area contributed by atoms with E-state index in [1.807, 2.05) is 43.3 Å². The summed E-state index contributed by atoms with van der Waals surface area (Å²) in [7, 11) is -3.80. The van der Waals surface area contributed by atoms with E-state index in [2.05, 4.69) is 17.0 Å². The number of amides is 1. The van der Waals surface area contributed by atoms with Crippen LogP contribution in [0.4, 0.5) is 11.4 Å². The molecule has 0 bridgehead atoms. The Balaban J connectivity index is 1.72. The van der Waals surface area contributed by atoms with Crippen LogP contribution in [0.5, 0.6) is 0 Å². The number of nitrogens with one attached hydrogen (secondary N) is 2. The quantitative estimate of drug-likeness (QED) is 0.511. The van der Waals surface area contributed by atoms with Crippen molar-refractivity contribution in [3.63, 3.8) is 0 Å². The molecule has 0 aliphatic carbocycles. The molecule has 3 rings (SSSR count). The van der Waals surface area contributed by atoms with Gasteiger partial charge >= 0.3 is 0 Å². The largest absolute Gasteiger partial charge is 0.322 e. The molecular formula is C24H26N2O3S. The molecule has 156 valence electrons. The predicted molar refractivity (Wildman–Crippen MR) is 121 cm³/mol. The van der Waals surface area contributed by atoms with E-state index >= 15 is 0 Å². The minimum absolute atomic E-state index is 0.0330. The maximum Gasteiger partial charge on any atom is 0.261 e. The van der Waals surface area contributed by atoms with E-state index in [1.165, 1.54) is 17.7 Å². The number of carbonyl (C=O) groups is 1. The highest BCUT2D eigenvalue weighted by atomic mass is 32.2. The van der Waals surface area contributed by atoms with Crippen molar-refractivity contribution in [3.8, 4) is 0 Å². The van der Waals surface area contributed by atoms with Crippen LogP contribution in [-0.4, -0.2) is 14.3 Å². The van der Waals surface area contributed by atoms with Crippen molar-refractivity contribution in [2.75, 3.05) is 10.0 Å². The van der Waals surface area contributed by atoms with Gasteiger partial charge < -0.3 is 5.32 Å². The number of carbonyl (C=O) groups excluding carboxylic acids is 1. The highest BCUT2D eigenvalue weighted by Gasteiger charge is 2.16. The van der Waals surface area contributed by atoms with Crippen molar-refractivity contribution in [1.82, 2.24) is 0 Å². The Hall–Kier alpha value is -3.12. The Bertz CT molecular complexity index is 1110. The van der Waals surface area contributed by atoms with Gasteiger partial charge in [-0.25, -0.2) is 8.42 Å². The Kier molecular flexibility index (Phi) is 6.90. The molecular weight excluding hydrogens is 396 g/mol. The zero-order valence-electron chi connectivity index (χ0n) is 17.2. The second-order valence-corrected chi connectivity index (χ2v) is 8.94. The van der Waals surface area contributed by atoms with Crippen molar-refractivity contribution in [1.29, 1.82) is 0 Å². The van der Waals surface area contributed by atoms with Gasteiger partial charge in [0.1, 0.15) is 0 Å². The van der Waals surface area contributed by atoms with E-state index in [-0.39, 0.29) is 16.4 Å². The molecule has 2 N–H and O–H groups in total. The van der Waals surface area contributed by atoms with Crippen LogP contribution in [-0.2, 0) is 16.4 Å². The molecule has 0 saturated carbocycles. The average Bonchev–Trinajstić information content (AvgIpc) is 2.75. The zero-order chi connectivity index (χ0) is 21.6. The van der Waals surface area contributed by atoms with Gasteiger partial charge in [-0.15, -0.1) is 0 Å².